The summed E-state index contributed by atoms with van der Waals surface area (Å²) in [6.07, 6.45) is 0. The zero-order valence-corrected chi connectivity index (χ0v) is 12.1. The molecule has 0 aromatic heterocycles. The average Bonchev–Trinajstić information content (AvgIpc) is 2.37. The van der Waals surface area contributed by atoms with Crippen molar-refractivity contribution in [3.63, 3.8) is 0 Å². The van der Waals surface area contributed by atoms with Crippen LogP contribution in [0.4, 0.5) is 0 Å². The summed E-state index contributed by atoms with van der Waals surface area (Å²) in [7, 11) is -2.27. The molecule has 0 amide bonds. The van der Waals surface area contributed by atoms with Crippen molar-refractivity contribution in [2.24, 2.45) is 0 Å². The normalized spacial score (nSPS) is 10.7. The first-order valence-electron chi connectivity index (χ1n) is 5.85. The second kappa shape index (κ2) is 6.91. The molecule has 0 aliphatic rings. The van der Waals surface area contributed by atoms with E-state index < -0.39 is 21.6 Å². The largest absolute Gasteiger partial charge is 0.496 e. The number of carbonyl (C=O) groups is 1. The molecule has 0 heterocycles. The first kappa shape index (κ1) is 16.0. The number of ether oxygens (including phenoxy) is 2. The third-order valence-electron chi connectivity index (χ3n) is 2.43. The second-order valence-corrected chi connectivity index (χ2v) is 6.04. The summed E-state index contributed by atoms with van der Waals surface area (Å²) in [4.78, 5) is 11.2. The Kier molecular flexibility index (Phi) is 5.53. The highest BCUT2D eigenvalue weighted by Gasteiger charge is 2.20. The standard InChI is InChI=1S/C13H15NO5S/c1-3-19-13(15)9-20(16,17)8-11-6-10(7-14)4-5-12(11)18-2/h4-6H,3,8-9H2,1-2H3. The lowest BCUT2D eigenvalue weighted by Crippen LogP contribution is -2.20. The van der Waals surface area contributed by atoms with Crippen LogP contribution in [0, 0.1) is 11.3 Å². The van der Waals surface area contributed by atoms with Crippen LogP contribution in [-0.4, -0.2) is 33.9 Å². The number of hydrogen-bond donors (Lipinski definition) is 0. The third kappa shape index (κ3) is 4.55. The topological polar surface area (TPSA) is 93.5 Å². The van der Waals surface area contributed by atoms with Crippen LogP contribution in [0.1, 0.15) is 18.1 Å². The van der Waals surface area contributed by atoms with E-state index >= 15 is 0 Å². The van der Waals surface area contributed by atoms with Crippen molar-refractivity contribution in [1.29, 1.82) is 5.26 Å². The molecule has 0 aliphatic heterocycles. The van der Waals surface area contributed by atoms with Crippen LogP contribution < -0.4 is 4.74 Å². The van der Waals surface area contributed by atoms with Gasteiger partial charge in [0.15, 0.2) is 9.84 Å². The molecule has 0 fully saturated rings. The van der Waals surface area contributed by atoms with Gasteiger partial charge in [0.1, 0.15) is 11.5 Å². The minimum atomic E-state index is -3.68. The number of nitrogens with zero attached hydrogens (tertiary/aromatic N) is 1. The SMILES string of the molecule is CCOC(=O)CS(=O)(=O)Cc1cc(C#N)ccc1OC. The van der Waals surface area contributed by atoms with E-state index in [1.165, 1.54) is 25.3 Å². The third-order valence-corrected chi connectivity index (χ3v) is 3.85. The molecule has 1 aromatic carbocycles. The molecular formula is C13H15NO5S. The fourth-order valence-electron chi connectivity index (χ4n) is 1.63. The summed E-state index contributed by atoms with van der Waals surface area (Å²) < 4.78 is 33.5. The van der Waals surface area contributed by atoms with Gasteiger partial charge in [0.05, 0.1) is 31.1 Å². The van der Waals surface area contributed by atoms with Crippen molar-refractivity contribution in [2.75, 3.05) is 19.5 Å². The molecule has 108 valence electrons. The fraction of sp³-hybridized carbons (Fsp3) is 0.385. The number of sulfone groups is 1. The van der Waals surface area contributed by atoms with Crippen LogP contribution in [0.2, 0.25) is 0 Å². The van der Waals surface area contributed by atoms with Gasteiger partial charge in [-0.05, 0) is 25.1 Å². The Morgan fingerprint density at radius 2 is 2.10 bits per heavy atom. The van der Waals surface area contributed by atoms with E-state index in [9.17, 15) is 13.2 Å². The van der Waals surface area contributed by atoms with Crippen molar-refractivity contribution in [2.45, 2.75) is 12.7 Å². The molecule has 0 saturated carbocycles. The molecule has 20 heavy (non-hydrogen) atoms. The average molecular weight is 297 g/mol. The molecule has 1 rings (SSSR count). The van der Waals surface area contributed by atoms with Gasteiger partial charge in [0, 0.05) is 5.56 Å². The number of esters is 1. The molecule has 0 N–H and O–H groups in total. The maximum atomic E-state index is 11.9. The smallest absolute Gasteiger partial charge is 0.321 e. The van der Waals surface area contributed by atoms with Gasteiger partial charge in [0.25, 0.3) is 0 Å². The van der Waals surface area contributed by atoms with E-state index in [2.05, 4.69) is 4.74 Å². The minimum Gasteiger partial charge on any atom is -0.496 e. The van der Waals surface area contributed by atoms with Gasteiger partial charge < -0.3 is 9.47 Å². The van der Waals surface area contributed by atoms with Gasteiger partial charge in [-0.25, -0.2) is 8.42 Å². The minimum absolute atomic E-state index is 0.127. The maximum absolute atomic E-state index is 11.9. The van der Waals surface area contributed by atoms with E-state index in [1.54, 1.807) is 6.92 Å². The van der Waals surface area contributed by atoms with Gasteiger partial charge in [-0.1, -0.05) is 0 Å². The Labute approximate surface area is 117 Å². The van der Waals surface area contributed by atoms with Gasteiger partial charge in [0.2, 0.25) is 0 Å². The van der Waals surface area contributed by atoms with E-state index in [0.29, 0.717) is 16.9 Å². The molecule has 6 nitrogen and oxygen atoms in total. The van der Waals surface area contributed by atoms with Crippen LogP contribution in [-0.2, 0) is 25.1 Å². The zero-order valence-electron chi connectivity index (χ0n) is 11.3. The molecule has 1 aromatic rings. The maximum Gasteiger partial charge on any atom is 0.321 e. The van der Waals surface area contributed by atoms with Crippen molar-refractivity contribution < 1.29 is 22.7 Å². The Balaban J connectivity index is 2.97. The highest BCUT2D eigenvalue weighted by Crippen LogP contribution is 2.22. The van der Waals surface area contributed by atoms with Crippen LogP contribution in [0.3, 0.4) is 0 Å². The molecule has 0 saturated heterocycles. The number of nitriles is 1. The van der Waals surface area contributed by atoms with E-state index in [-0.39, 0.29) is 12.4 Å². The van der Waals surface area contributed by atoms with E-state index in [0.717, 1.165) is 0 Å². The van der Waals surface area contributed by atoms with Crippen molar-refractivity contribution >= 4 is 15.8 Å². The lowest BCUT2D eigenvalue weighted by atomic mass is 10.1. The number of benzene rings is 1. The first-order chi connectivity index (χ1) is 9.41. The Morgan fingerprint density at radius 3 is 2.65 bits per heavy atom. The summed E-state index contributed by atoms with van der Waals surface area (Å²) >= 11 is 0. The number of carbonyl (C=O) groups excluding carboxylic acids is 1. The quantitative estimate of drug-likeness (QED) is 0.728. The van der Waals surface area contributed by atoms with Crippen LogP contribution >= 0.6 is 0 Å². The first-order valence-corrected chi connectivity index (χ1v) is 7.67. The molecular weight excluding hydrogens is 282 g/mol. The van der Waals surface area contributed by atoms with Crippen molar-refractivity contribution in [3.8, 4) is 11.8 Å². The Morgan fingerprint density at radius 1 is 1.40 bits per heavy atom. The van der Waals surface area contributed by atoms with Crippen molar-refractivity contribution in [1.82, 2.24) is 0 Å². The summed E-state index contributed by atoms with van der Waals surface area (Å²) in [6, 6.07) is 6.41. The molecule has 0 unspecified atom stereocenters. The predicted molar refractivity (Wildman–Crippen MR) is 71.8 cm³/mol. The van der Waals surface area contributed by atoms with E-state index in [4.69, 9.17) is 10.00 Å². The van der Waals surface area contributed by atoms with Gasteiger partial charge in [-0.2, -0.15) is 5.26 Å². The second-order valence-electron chi connectivity index (χ2n) is 3.98. The predicted octanol–water partition coefficient (Wildman–Crippen LogP) is 1.04. The highest BCUT2D eigenvalue weighted by atomic mass is 32.2. The van der Waals surface area contributed by atoms with Gasteiger partial charge in [-0.15, -0.1) is 0 Å². The number of rotatable bonds is 6. The summed E-state index contributed by atoms with van der Waals surface area (Å²) in [5.41, 5.74) is 0.669. The molecule has 0 atom stereocenters. The number of hydrogen-bond acceptors (Lipinski definition) is 6. The van der Waals surface area contributed by atoms with E-state index in [1.807, 2.05) is 6.07 Å². The van der Waals surface area contributed by atoms with Gasteiger partial charge in [-0.3, -0.25) is 4.79 Å². The Bertz CT molecular complexity index is 631. The zero-order chi connectivity index (χ0) is 15.2. The van der Waals surface area contributed by atoms with Crippen LogP contribution in [0.5, 0.6) is 5.75 Å². The number of methoxy groups -OCH3 is 1. The summed E-state index contributed by atoms with van der Waals surface area (Å²) in [5.74, 6) is -1.51. The molecule has 0 spiro atoms. The lowest BCUT2D eigenvalue weighted by Gasteiger charge is -2.09. The van der Waals surface area contributed by atoms with Crippen LogP contribution in [0.25, 0.3) is 0 Å². The Hall–Kier alpha value is -2.07. The molecule has 7 heteroatoms. The summed E-state index contributed by atoms with van der Waals surface area (Å²) in [5, 5.41) is 8.82. The molecule has 0 aliphatic carbocycles. The monoisotopic (exact) mass is 297 g/mol. The molecule has 0 radical (unpaired) electrons. The highest BCUT2D eigenvalue weighted by molar-refractivity contribution is 7.91. The van der Waals surface area contributed by atoms with Gasteiger partial charge >= 0.3 is 5.97 Å². The lowest BCUT2D eigenvalue weighted by molar-refractivity contribution is -0.139. The fourth-order valence-corrected chi connectivity index (χ4v) is 2.88. The summed E-state index contributed by atoms with van der Waals surface area (Å²) in [6.45, 7) is 1.73. The van der Waals surface area contributed by atoms with Crippen LogP contribution in [0.15, 0.2) is 18.2 Å². The van der Waals surface area contributed by atoms with Crippen molar-refractivity contribution in [3.05, 3.63) is 29.3 Å². The molecule has 0 bridgehead atoms.